The molecule has 1 heterocycles. The summed E-state index contributed by atoms with van der Waals surface area (Å²) in [5.74, 6) is 0. The molecule has 0 saturated heterocycles. The molecule has 0 fully saturated rings. The fraction of sp³-hybridized carbons (Fsp3) is 0.267. The predicted octanol–water partition coefficient (Wildman–Crippen LogP) is 4.33. The van der Waals surface area contributed by atoms with Gasteiger partial charge in [-0.15, -0.1) is 0 Å². The molecule has 1 N–H and O–H groups in total. The van der Waals surface area contributed by atoms with Crippen LogP contribution in [0.25, 0.3) is 0 Å². The van der Waals surface area contributed by atoms with Gasteiger partial charge in [0.05, 0.1) is 12.2 Å². The molecule has 1 aromatic carbocycles. The number of aryl methyl sites for hydroxylation is 2. The van der Waals surface area contributed by atoms with Gasteiger partial charge in [0.1, 0.15) is 4.60 Å². The van der Waals surface area contributed by atoms with Gasteiger partial charge < -0.3 is 5.32 Å². The first-order valence-corrected chi connectivity index (χ1v) is 6.93. The number of anilines is 1. The molecule has 0 bridgehead atoms. The van der Waals surface area contributed by atoms with Crippen LogP contribution >= 0.6 is 15.9 Å². The molecule has 94 valence electrons. The van der Waals surface area contributed by atoms with Crippen LogP contribution < -0.4 is 5.32 Å². The SMILES string of the molecule is CCc1cc(NCc2cccc(Br)n2)ccc1C. The van der Waals surface area contributed by atoms with Crippen molar-refractivity contribution in [3.05, 3.63) is 57.8 Å². The van der Waals surface area contributed by atoms with Crippen molar-refractivity contribution < 1.29 is 0 Å². The van der Waals surface area contributed by atoms with Crippen molar-refractivity contribution in [2.45, 2.75) is 26.8 Å². The Bertz CT molecular complexity index is 538. The fourth-order valence-corrected chi connectivity index (χ4v) is 2.28. The maximum atomic E-state index is 4.40. The molecule has 3 heteroatoms. The Morgan fingerprint density at radius 1 is 1.22 bits per heavy atom. The third-order valence-corrected chi connectivity index (χ3v) is 3.42. The first kappa shape index (κ1) is 13.1. The van der Waals surface area contributed by atoms with Gasteiger partial charge in [0.15, 0.2) is 0 Å². The molecular weight excluding hydrogens is 288 g/mol. The number of hydrogen-bond acceptors (Lipinski definition) is 2. The zero-order valence-corrected chi connectivity index (χ0v) is 12.3. The molecule has 0 saturated carbocycles. The normalized spacial score (nSPS) is 10.4. The van der Waals surface area contributed by atoms with E-state index in [4.69, 9.17) is 0 Å². The highest BCUT2D eigenvalue weighted by molar-refractivity contribution is 9.10. The van der Waals surface area contributed by atoms with Gasteiger partial charge in [0.2, 0.25) is 0 Å². The van der Waals surface area contributed by atoms with Gasteiger partial charge in [-0.2, -0.15) is 0 Å². The second-order valence-electron chi connectivity index (χ2n) is 4.30. The highest BCUT2D eigenvalue weighted by atomic mass is 79.9. The number of rotatable bonds is 4. The van der Waals surface area contributed by atoms with Crippen molar-refractivity contribution in [1.82, 2.24) is 4.98 Å². The molecule has 2 nitrogen and oxygen atoms in total. The van der Waals surface area contributed by atoms with Gasteiger partial charge in [-0.25, -0.2) is 4.98 Å². The summed E-state index contributed by atoms with van der Waals surface area (Å²) in [4.78, 5) is 4.40. The van der Waals surface area contributed by atoms with Gasteiger partial charge in [-0.05, 0) is 64.7 Å². The third kappa shape index (κ3) is 3.33. The Morgan fingerprint density at radius 3 is 2.78 bits per heavy atom. The molecule has 0 amide bonds. The van der Waals surface area contributed by atoms with Crippen LogP contribution in [-0.4, -0.2) is 4.98 Å². The Morgan fingerprint density at radius 2 is 2.06 bits per heavy atom. The first-order chi connectivity index (χ1) is 8.69. The van der Waals surface area contributed by atoms with Crippen molar-refractivity contribution in [2.24, 2.45) is 0 Å². The van der Waals surface area contributed by atoms with E-state index < -0.39 is 0 Å². The lowest BCUT2D eigenvalue weighted by atomic mass is 10.1. The second-order valence-corrected chi connectivity index (χ2v) is 5.11. The van der Waals surface area contributed by atoms with E-state index >= 15 is 0 Å². The van der Waals surface area contributed by atoms with Gasteiger partial charge in [0.25, 0.3) is 0 Å². The van der Waals surface area contributed by atoms with Crippen LogP contribution in [0.5, 0.6) is 0 Å². The van der Waals surface area contributed by atoms with Gasteiger partial charge in [-0.3, -0.25) is 0 Å². The summed E-state index contributed by atoms with van der Waals surface area (Å²) in [6, 6.07) is 12.5. The number of hydrogen-bond donors (Lipinski definition) is 1. The first-order valence-electron chi connectivity index (χ1n) is 6.14. The summed E-state index contributed by atoms with van der Waals surface area (Å²) >= 11 is 3.38. The Balaban J connectivity index is 2.06. The van der Waals surface area contributed by atoms with Crippen LogP contribution in [0, 0.1) is 6.92 Å². The fourth-order valence-electron chi connectivity index (χ4n) is 1.90. The molecule has 0 aliphatic rings. The molecule has 0 spiro atoms. The molecule has 0 aliphatic heterocycles. The lowest BCUT2D eigenvalue weighted by Gasteiger charge is -2.09. The molecule has 0 atom stereocenters. The minimum Gasteiger partial charge on any atom is -0.379 e. The smallest absolute Gasteiger partial charge is 0.106 e. The lowest BCUT2D eigenvalue weighted by molar-refractivity contribution is 1.03. The van der Waals surface area contributed by atoms with E-state index in [0.29, 0.717) is 0 Å². The molecule has 0 unspecified atom stereocenters. The van der Waals surface area contributed by atoms with Gasteiger partial charge >= 0.3 is 0 Å². The summed E-state index contributed by atoms with van der Waals surface area (Å²) in [6.45, 7) is 5.08. The standard InChI is InChI=1S/C15H17BrN2/c1-3-12-9-13(8-7-11(12)2)17-10-14-5-4-6-15(16)18-14/h4-9,17H,3,10H2,1-2H3. The van der Waals surface area contributed by atoms with E-state index in [9.17, 15) is 0 Å². The average molecular weight is 305 g/mol. The largest absolute Gasteiger partial charge is 0.379 e. The number of benzene rings is 1. The molecule has 2 rings (SSSR count). The van der Waals surface area contributed by atoms with Crippen molar-refractivity contribution in [2.75, 3.05) is 5.32 Å². The van der Waals surface area contributed by atoms with E-state index in [1.807, 2.05) is 18.2 Å². The van der Waals surface area contributed by atoms with Crippen LogP contribution in [0.4, 0.5) is 5.69 Å². The number of halogens is 1. The molecule has 18 heavy (non-hydrogen) atoms. The summed E-state index contributed by atoms with van der Waals surface area (Å²) in [5, 5.41) is 3.41. The van der Waals surface area contributed by atoms with Crippen LogP contribution in [0.15, 0.2) is 41.0 Å². The highest BCUT2D eigenvalue weighted by Crippen LogP contribution is 2.16. The van der Waals surface area contributed by atoms with Crippen molar-refractivity contribution in [3.63, 3.8) is 0 Å². The number of pyridine rings is 1. The van der Waals surface area contributed by atoms with E-state index in [2.05, 4.69) is 58.3 Å². The van der Waals surface area contributed by atoms with Gasteiger partial charge in [0, 0.05) is 5.69 Å². The van der Waals surface area contributed by atoms with Gasteiger partial charge in [-0.1, -0.05) is 19.1 Å². The summed E-state index contributed by atoms with van der Waals surface area (Å²) < 4.78 is 0.875. The van der Waals surface area contributed by atoms with Crippen LogP contribution in [-0.2, 0) is 13.0 Å². The summed E-state index contributed by atoms with van der Waals surface area (Å²) in [7, 11) is 0. The molecule has 2 aromatic rings. The van der Waals surface area contributed by atoms with Crippen LogP contribution in [0.1, 0.15) is 23.7 Å². The van der Waals surface area contributed by atoms with E-state index in [1.54, 1.807) is 0 Å². The van der Waals surface area contributed by atoms with Crippen molar-refractivity contribution in [3.8, 4) is 0 Å². The topological polar surface area (TPSA) is 24.9 Å². The Kier molecular flexibility index (Phi) is 4.37. The zero-order chi connectivity index (χ0) is 13.0. The van der Waals surface area contributed by atoms with Crippen LogP contribution in [0.2, 0.25) is 0 Å². The maximum absolute atomic E-state index is 4.40. The minimum absolute atomic E-state index is 0.742. The van der Waals surface area contributed by atoms with E-state index in [0.717, 1.165) is 29.0 Å². The monoisotopic (exact) mass is 304 g/mol. The number of nitrogens with zero attached hydrogens (tertiary/aromatic N) is 1. The molecular formula is C15H17BrN2. The number of nitrogens with one attached hydrogen (secondary N) is 1. The molecule has 1 aromatic heterocycles. The second kappa shape index (κ2) is 6.01. The van der Waals surface area contributed by atoms with E-state index in [-0.39, 0.29) is 0 Å². The minimum atomic E-state index is 0.742. The quantitative estimate of drug-likeness (QED) is 0.851. The zero-order valence-electron chi connectivity index (χ0n) is 10.7. The Labute approximate surface area is 117 Å². The summed E-state index contributed by atoms with van der Waals surface area (Å²) in [5.41, 5.74) is 4.92. The third-order valence-electron chi connectivity index (χ3n) is 2.98. The Hall–Kier alpha value is -1.35. The summed E-state index contributed by atoms with van der Waals surface area (Å²) in [6.07, 6.45) is 1.07. The predicted molar refractivity (Wildman–Crippen MR) is 79.8 cm³/mol. The van der Waals surface area contributed by atoms with Crippen molar-refractivity contribution >= 4 is 21.6 Å². The molecule has 0 aliphatic carbocycles. The highest BCUT2D eigenvalue weighted by Gasteiger charge is 2.00. The van der Waals surface area contributed by atoms with E-state index in [1.165, 1.54) is 11.1 Å². The van der Waals surface area contributed by atoms with Crippen LogP contribution in [0.3, 0.4) is 0 Å². The lowest BCUT2D eigenvalue weighted by Crippen LogP contribution is -2.02. The molecule has 0 radical (unpaired) electrons. The van der Waals surface area contributed by atoms with Crippen molar-refractivity contribution in [1.29, 1.82) is 0 Å². The maximum Gasteiger partial charge on any atom is 0.106 e. The number of aromatic nitrogens is 1. The average Bonchev–Trinajstić information content (AvgIpc) is 2.38.